The van der Waals surface area contributed by atoms with Crippen LogP contribution in [0.15, 0.2) is 60.9 Å². The molecule has 4 rings (SSSR count). The van der Waals surface area contributed by atoms with Gasteiger partial charge in [-0.2, -0.15) is 5.10 Å². The lowest BCUT2D eigenvalue weighted by atomic mass is 10.00. The van der Waals surface area contributed by atoms with E-state index < -0.39 is 0 Å². The number of nitrogens with one attached hydrogen (secondary N) is 1. The number of aliphatic hydroxyl groups excluding tert-OH is 1. The lowest BCUT2D eigenvalue weighted by Gasteiger charge is -2.09. The van der Waals surface area contributed by atoms with Crippen molar-refractivity contribution in [2.45, 2.75) is 6.92 Å². The molecule has 0 aliphatic heterocycles. The first-order valence-electron chi connectivity index (χ1n) is 9.13. The molecule has 0 saturated carbocycles. The first kappa shape index (κ1) is 18.8. The number of H-pyrrole nitrogens is 1. The maximum absolute atomic E-state index is 14.5. The number of aryl methyl sites for hydroxylation is 1. The van der Waals surface area contributed by atoms with E-state index in [0.29, 0.717) is 22.7 Å². The van der Waals surface area contributed by atoms with Crippen LogP contribution >= 0.6 is 0 Å². The average Bonchev–Trinajstić information content (AvgIpc) is 3.23. The fraction of sp³-hybridized carbons (Fsp3) is 0.136. The SMILES string of the molecule is Cc1cccc(-c2n[nH]cc2-c2ccc(F)c(-c3ccc(OCCO)cn3)c2)n1. The van der Waals surface area contributed by atoms with Gasteiger partial charge in [-0.25, -0.2) is 4.39 Å². The molecule has 0 aliphatic rings. The topological polar surface area (TPSA) is 83.9 Å². The Kier molecular flexibility index (Phi) is 5.31. The van der Waals surface area contributed by atoms with Gasteiger partial charge < -0.3 is 9.84 Å². The second-order valence-electron chi connectivity index (χ2n) is 6.46. The van der Waals surface area contributed by atoms with E-state index in [2.05, 4.69) is 20.2 Å². The van der Waals surface area contributed by atoms with Crippen LogP contribution < -0.4 is 4.74 Å². The summed E-state index contributed by atoms with van der Waals surface area (Å²) in [5.41, 5.74) is 4.83. The third kappa shape index (κ3) is 4.00. The largest absolute Gasteiger partial charge is 0.490 e. The fourth-order valence-electron chi connectivity index (χ4n) is 3.06. The molecule has 0 spiro atoms. The standard InChI is InChI=1S/C22H19FN4O2/c1-14-3-2-4-21(26-14)22-18(13-25-27-22)15-5-7-19(23)17(11-15)20-8-6-16(12-24-20)29-10-9-28/h2-8,11-13,28H,9-10H2,1H3,(H,25,27). The van der Waals surface area contributed by atoms with Crippen LogP contribution in [-0.4, -0.2) is 38.5 Å². The van der Waals surface area contributed by atoms with Crippen molar-refractivity contribution in [2.24, 2.45) is 0 Å². The Morgan fingerprint density at radius 3 is 2.72 bits per heavy atom. The number of ether oxygens (including phenoxy) is 1. The highest BCUT2D eigenvalue weighted by molar-refractivity contribution is 5.81. The number of rotatable bonds is 6. The summed E-state index contributed by atoms with van der Waals surface area (Å²) >= 11 is 0. The number of aliphatic hydroxyl groups is 1. The van der Waals surface area contributed by atoms with E-state index in [1.165, 1.54) is 12.3 Å². The van der Waals surface area contributed by atoms with Crippen LogP contribution in [0.25, 0.3) is 33.8 Å². The summed E-state index contributed by atoms with van der Waals surface area (Å²) in [6.07, 6.45) is 3.28. The van der Waals surface area contributed by atoms with Gasteiger partial charge in [-0.3, -0.25) is 15.1 Å². The number of aromatic amines is 1. The van der Waals surface area contributed by atoms with Crippen LogP contribution in [0.4, 0.5) is 4.39 Å². The Hall–Kier alpha value is -3.58. The summed E-state index contributed by atoms with van der Waals surface area (Å²) in [6, 6.07) is 14.0. The Morgan fingerprint density at radius 2 is 1.97 bits per heavy atom. The molecule has 0 radical (unpaired) electrons. The minimum absolute atomic E-state index is 0.0821. The van der Waals surface area contributed by atoms with E-state index in [9.17, 15) is 4.39 Å². The van der Waals surface area contributed by atoms with Gasteiger partial charge >= 0.3 is 0 Å². The van der Waals surface area contributed by atoms with Crippen LogP contribution in [0.3, 0.4) is 0 Å². The molecule has 0 atom stereocenters. The normalized spacial score (nSPS) is 10.9. The number of pyridine rings is 2. The van der Waals surface area contributed by atoms with Gasteiger partial charge in [-0.15, -0.1) is 0 Å². The van der Waals surface area contributed by atoms with Crippen molar-refractivity contribution in [2.75, 3.05) is 13.2 Å². The van der Waals surface area contributed by atoms with E-state index in [-0.39, 0.29) is 19.0 Å². The van der Waals surface area contributed by atoms with Gasteiger partial charge in [0.15, 0.2) is 0 Å². The zero-order chi connectivity index (χ0) is 20.2. The Balaban J connectivity index is 1.71. The average molecular weight is 390 g/mol. The number of hydrogen-bond acceptors (Lipinski definition) is 5. The molecule has 0 amide bonds. The molecule has 3 heterocycles. The van der Waals surface area contributed by atoms with Gasteiger partial charge in [0.25, 0.3) is 0 Å². The summed E-state index contributed by atoms with van der Waals surface area (Å²) in [4.78, 5) is 8.83. The molecule has 4 aromatic rings. The second-order valence-corrected chi connectivity index (χ2v) is 6.46. The monoisotopic (exact) mass is 390 g/mol. The zero-order valence-corrected chi connectivity index (χ0v) is 15.8. The summed E-state index contributed by atoms with van der Waals surface area (Å²) < 4.78 is 19.8. The molecule has 2 N–H and O–H groups in total. The molecule has 0 saturated heterocycles. The van der Waals surface area contributed by atoms with Gasteiger partial charge in [-0.05, 0) is 48.9 Å². The molecule has 29 heavy (non-hydrogen) atoms. The van der Waals surface area contributed by atoms with Crippen molar-refractivity contribution in [3.8, 4) is 39.5 Å². The maximum atomic E-state index is 14.5. The third-order valence-corrected chi connectivity index (χ3v) is 4.42. The number of hydrogen-bond donors (Lipinski definition) is 2. The van der Waals surface area contributed by atoms with E-state index in [1.807, 2.05) is 25.1 Å². The van der Waals surface area contributed by atoms with Crippen molar-refractivity contribution < 1.29 is 14.2 Å². The van der Waals surface area contributed by atoms with Gasteiger partial charge in [-0.1, -0.05) is 12.1 Å². The van der Waals surface area contributed by atoms with Crippen molar-refractivity contribution in [1.29, 1.82) is 0 Å². The second kappa shape index (κ2) is 8.20. The van der Waals surface area contributed by atoms with Crippen molar-refractivity contribution in [1.82, 2.24) is 20.2 Å². The van der Waals surface area contributed by atoms with Crippen LogP contribution in [-0.2, 0) is 0 Å². The molecule has 0 unspecified atom stereocenters. The van der Waals surface area contributed by atoms with Crippen molar-refractivity contribution in [3.05, 3.63) is 72.4 Å². The molecular formula is C22H19FN4O2. The summed E-state index contributed by atoms with van der Waals surface area (Å²) in [5, 5.41) is 16.0. The van der Waals surface area contributed by atoms with E-state index in [1.54, 1.807) is 30.5 Å². The number of aromatic nitrogens is 4. The first-order valence-corrected chi connectivity index (χ1v) is 9.13. The summed E-state index contributed by atoms with van der Waals surface area (Å²) in [5.74, 6) is 0.144. The number of nitrogens with zero attached hydrogens (tertiary/aromatic N) is 3. The fourth-order valence-corrected chi connectivity index (χ4v) is 3.06. The highest BCUT2D eigenvalue weighted by atomic mass is 19.1. The van der Waals surface area contributed by atoms with Crippen LogP contribution in [0.2, 0.25) is 0 Å². The number of benzene rings is 1. The van der Waals surface area contributed by atoms with Crippen LogP contribution in [0.1, 0.15) is 5.69 Å². The van der Waals surface area contributed by atoms with Gasteiger partial charge in [0.05, 0.1) is 24.2 Å². The Morgan fingerprint density at radius 1 is 1.07 bits per heavy atom. The molecule has 7 heteroatoms. The molecule has 0 fully saturated rings. The minimum atomic E-state index is -0.371. The Labute approximate surface area is 167 Å². The highest BCUT2D eigenvalue weighted by Crippen LogP contribution is 2.33. The number of halogens is 1. The van der Waals surface area contributed by atoms with Crippen LogP contribution in [0.5, 0.6) is 5.75 Å². The summed E-state index contributed by atoms with van der Waals surface area (Å²) in [7, 11) is 0. The molecule has 1 aromatic carbocycles. The van der Waals surface area contributed by atoms with E-state index in [0.717, 1.165) is 22.5 Å². The van der Waals surface area contributed by atoms with Gasteiger partial charge in [0, 0.05) is 23.0 Å². The van der Waals surface area contributed by atoms with E-state index in [4.69, 9.17) is 9.84 Å². The Bertz CT molecular complexity index is 1130. The molecule has 6 nitrogen and oxygen atoms in total. The van der Waals surface area contributed by atoms with Crippen LogP contribution in [0, 0.1) is 12.7 Å². The van der Waals surface area contributed by atoms with Gasteiger partial charge in [0.2, 0.25) is 0 Å². The molecule has 0 bridgehead atoms. The van der Waals surface area contributed by atoms with Gasteiger partial charge in [0.1, 0.15) is 23.9 Å². The third-order valence-electron chi connectivity index (χ3n) is 4.42. The highest BCUT2D eigenvalue weighted by Gasteiger charge is 2.15. The lowest BCUT2D eigenvalue weighted by molar-refractivity contribution is 0.201. The molecule has 146 valence electrons. The molecule has 0 aliphatic carbocycles. The predicted molar refractivity (Wildman–Crippen MR) is 108 cm³/mol. The quantitative estimate of drug-likeness (QED) is 0.520. The van der Waals surface area contributed by atoms with Crippen molar-refractivity contribution >= 4 is 0 Å². The minimum Gasteiger partial charge on any atom is -0.490 e. The maximum Gasteiger partial charge on any atom is 0.137 e. The molecule has 3 aromatic heterocycles. The van der Waals surface area contributed by atoms with E-state index >= 15 is 0 Å². The summed E-state index contributed by atoms with van der Waals surface area (Å²) in [6.45, 7) is 2.02. The first-order chi connectivity index (χ1) is 14.2. The smallest absolute Gasteiger partial charge is 0.137 e. The lowest BCUT2D eigenvalue weighted by Crippen LogP contribution is -2.01. The zero-order valence-electron chi connectivity index (χ0n) is 15.8. The predicted octanol–water partition coefficient (Wildman–Crippen LogP) is 4.02. The molecular weight excluding hydrogens is 371 g/mol. The van der Waals surface area contributed by atoms with Crippen molar-refractivity contribution in [3.63, 3.8) is 0 Å².